The molecule has 1 aromatic rings. The Hall–Kier alpha value is -1.00. The Balaban J connectivity index is 1.91. The minimum atomic E-state index is 0.135. The van der Waals surface area contributed by atoms with Gasteiger partial charge in [-0.15, -0.1) is 11.8 Å². The average Bonchev–Trinajstić information content (AvgIpc) is 2.93. The molecule has 0 atom stereocenters. The molecule has 1 amide bonds. The number of hydrogen-bond acceptors (Lipinski definition) is 3. The van der Waals surface area contributed by atoms with E-state index in [1.165, 1.54) is 30.6 Å². The molecule has 0 aromatic heterocycles. The number of nitrogens with one attached hydrogen (secondary N) is 1. The van der Waals surface area contributed by atoms with Crippen molar-refractivity contribution in [2.45, 2.75) is 48.2 Å². The number of nitrogens with two attached hydrogens (primary N) is 1. The van der Waals surface area contributed by atoms with Gasteiger partial charge in [-0.2, -0.15) is 0 Å². The van der Waals surface area contributed by atoms with Gasteiger partial charge < -0.3 is 11.1 Å². The summed E-state index contributed by atoms with van der Waals surface area (Å²) in [6.07, 6.45) is 6.21. The maximum atomic E-state index is 11.8. The van der Waals surface area contributed by atoms with E-state index >= 15 is 0 Å². The van der Waals surface area contributed by atoms with Crippen LogP contribution in [0.25, 0.3) is 0 Å². The minimum Gasteiger partial charge on any atom is -0.355 e. The van der Waals surface area contributed by atoms with Crippen LogP contribution in [0.4, 0.5) is 0 Å². The van der Waals surface area contributed by atoms with Crippen LogP contribution < -0.4 is 11.1 Å². The first-order valence-electron chi connectivity index (χ1n) is 7.45. The molecule has 0 unspecified atom stereocenters. The summed E-state index contributed by atoms with van der Waals surface area (Å²) in [4.78, 5) is 13.1. The van der Waals surface area contributed by atoms with Crippen LogP contribution in [0.5, 0.6) is 0 Å². The third kappa shape index (κ3) is 4.53. The van der Waals surface area contributed by atoms with Gasteiger partial charge >= 0.3 is 0 Å². The maximum Gasteiger partial charge on any atom is 0.220 e. The van der Waals surface area contributed by atoms with Crippen LogP contribution in [-0.4, -0.2) is 23.7 Å². The molecule has 0 aliphatic heterocycles. The van der Waals surface area contributed by atoms with Crippen molar-refractivity contribution >= 4 is 17.7 Å². The van der Waals surface area contributed by atoms with Crippen LogP contribution in [0.3, 0.4) is 0 Å². The molecule has 20 heavy (non-hydrogen) atoms. The zero-order valence-electron chi connectivity index (χ0n) is 11.9. The number of amides is 1. The molecule has 0 radical (unpaired) electrons. The summed E-state index contributed by atoms with van der Waals surface area (Å²) in [6.45, 7) is 1.35. The summed E-state index contributed by atoms with van der Waals surface area (Å²) < 4.78 is 0.180. The molecule has 0 heterocycles. The largest absolute Gasteiger partial charge is 0.355 e. The quantitative estimate of drug-likeness (QED) is 0.812. The van der Waals surface area contributed by atoms with E-state index < -0.39 is 0 Å². The summed E-state index contributed by atoms with van der Waals surface area (Å²) in [5.41, 5.74) is 5.44. The van der Waals surface area contributed by atoms with Crippen molar-refractivity contribution in [3.05, 3.63) is 30.3 Å². The number of benzene rings is 1. The fourth-order valence-corrected chi connectivity index (χ4v) is 4.11. The molecule has 0 saturated heterocycles. The normalized spacial score (nSPS) is 17.1. The Kier molecular flexibility index (Phi) is 5.92. The van der Waals surface area contributed by atoms with Gasteiger partial charge in [0.1, 0.15) is 0 Å². The zero-order chi connectivity index (χ0) is 14.3. The van der Waals surface area contributed by atoms with Gasteiger partial charge in [0.05, 0.1) is 0 Å². The molecular weight excluding hydrogens is 268 g/mol. The van der Waals surface area contributed by atoms with Gasteiger partial charge in [-0.05, 0) is 37.9 Å². The molecule has 3 N–H and O–H groups in total. The van der Waals surface area contributed by atoms with Crippen molar-refractivity contribution in [2.24, 2.45) is 5.73 Å². The molecule has 1 aliphatic carbocycles. The smallest absolute Gasteiger partial charge is 0.220 e. The van der Waals surface area contributed by atoms with Gasteiger partial charge in [-0.25, -0.2) is 0 Å². The SMILES string of the molecule is NCCCC(=O)NCC1(Sc2ccccc2)CCCC1. The van der Waals surface area contributed by atoms with E-state index in [9.17, 15) is 4.79 Å². The van der Waals surface area contributed by atoms with E-state index in [2.05, 4.69) is 29.6 Å². The number of thioether (sulfide) groups is 1. The highest BCUT2D eigenvalue weighted by atomic mass is 32.2. The minimum absolute atomic E-state index is 0.135. The summed E-state index contributed by atoms with van der Waals surface area (Å²) in [7, 11) is 0. The second kappa shape index (κ2) is 7.70. The topological polar surface area (TPSA) is 55.1 Å². The second-order valence-corrected chi connectivity index (χ2v) is 7.02. The molecule has 4 heteroatoms. The van der Waals surface area contributed by atoms with E-state index in [0.717, 1.165) is 13.0 Å². The zero-order valence-corrected chi connectivity index (χ0v) is 12.8. The molecule has 2 rings (SSSR count). The lowest BCUT2D eigenvalue weighted by Crippen LogP contribution is -2.38. The van der Waals surface area contributed by atoms with Crippen molar-refractivity contribution in [1.29, 1.82) is 0 Å². The number of carbonyl (C=O) groups excluding carboxylic acids is 1. The third-order valence-electron chi connectivity index (χ3n) is 3.81. The standard InChI is InChI=1S/C16H24N2OS/c17-12-6-9-15(19)18-13-16(10-4-5-11-16)20-14-7-2-1-3-8-14/h1-3,7-8H,4-6,9-13,17H2,(H,18,19). The average molecular weight is 292 g/mol. The predicted octanol–water partition coefficient (Wildman–Crippen LogP) is 2.95. The van der Waals surface area contributed by atoms with Crippen LogP contribution >= 0.6 is 11.8 Å². The van der Waals surface area contributed by atoms with Crippen molar-refractivity contribution in [1.82, 2.24) is 5.32 Å². The van der Waals surface area contributed by atoms with E-state index in [1.54, 1.807) is 0 Å². The monoisotopic (exact) mass is 292 g/mol. The van der Waals surface area contributed by atoms with E-state index in [0.29, 0.717) is 13.0 Å². The highest BCUT2D eigenvalue weighted by Crippen LogP contribution is 2.44. The van der Waals surface area contributed by atoms with Gasteiger partial charge in [0.15, 0.2) is 0 Å². The Labute approximate surface area is 125 Å². The number of rotatable bonds is 7. The first-order chi connectivity index (χ1) is 9.74. The molecule has 110 valence electrons. The van der Waals surface area contributed by atoms with Gasteiger partial charge in [0, 0.05) is 22.6 Å². The van der Waals surface area contributed by atoms with Crippen molar-refractivity contribution < 1.29 is 4.79 Å². The Morgan fingerprint density at radius 1 is 1.25 bits per heavy atom. The highest BCUT2D eigenvalue weighted by molar-refractivity contribution is 8.00. The molecule has 1 aromatic carbocycles. The summed E-state index contributed by atoms with van der Waals surface area (Å²) >= 11 is 1.93. The highest BCUT2D eigenvalue weighted by Gasteiger charge is 2.35. The number of carbonyl (C=O) groups is 1. The molecule has 1 fully saturated rings. The summed E-state index contributed by atoms with van der Waals surface area (Å²) in [5, 5.41) is 3.11. The second-order valence-electron chi connectivity index (χ2n) is 5.47. The fourth-order valence-electron chi connectivity index (χ4n) is 2.68. The van der Waals surface area contributed by atoms with Crippen LogP contribution in [0.2, 0.25) is 0 Å². The Bertz CT molecular complexity index is 416. The molecule has 0 bridgehead atoms. The van der Waals surface area contributed by atoms with Gasteiger partial charge in [-0.3, -0.25) is 4.79 Å². The van der Waals surface area contributed by atoms with Crippen LogP contribution in [0.1, 0.15) is 38.5 Å². The lowest BCUT2D eigenvalue weighted by Gasteiger charge is -2.28. The summed E-state index contributed by atoms with van der Waals surface area (Å²) in [6, 6.07) is 10.5. The van der Waals surface area contributed by atoms with Gasteiger partial charge in [-0.1, -0.05) is 31.0 Å². The fraction of sp³-hybridized carbons (Fsp3) is 0.562. The Morgan fingerprint density at radius 3 is 2.60 bits per heavy atom. The van der Waals surface area contributed by atoms with Gasteiger partial charge in [0.2, 0.25) is 5.91 Å². The Morgan fingerprint density at radius 2 is 1.95 bits per heavy atom. The van der Waals surface area contributed by atoms with Crippen LogP contribution in [-0.2, 0) is 4.79 Å². The van der Waals surface area contributed by atoms with Crippen molar-refractivity contribution in [3.8, 4) is 0 Å². The van der Waals surface area contributed by atoms with Crippen LogP contribution in [0, 0.1) is 0 Å². The van der Waals surface area contributed by atoms with E-state index in [4.69, 9.17) is 5.73 Å². The van der Waals surface area contributed by atoms with E-state index in [1.807, 2.05) is 17.8 Å². The van der Waals surface area contributed by atoms with Crippen molar-refractivity contribution in [2.75, 3.05) is 13.1 Å². The van der Waals surface area contributed by atoms with E-state index in [-0.39, 0.29) is 10.7 Å². The van der Waals surface area contributed by atoms with Crippen molar-refractivity contribution in [3.63, 3.8) is 0 Å². The first-order valence-corrected chi connectivity index (χ1v) is 8.27. The lowest BCUT2D eigenvalue weighted by atomic mass is 10.1. The molecule has 0 spiro atoms. The molecular formula is C16H24N2OS. The predicted molar refractivity (Wildman–Crippen MR) is 84.8 cm³/mol. The summed E-state index contributed by atoms with van der Waals surface area (Å²) in [5.74, 6) is 0.135. The third-order valence-corrected chi connectivity index (χ3v) is 5.30. The molecule has 1 saturated carbocycles. The van der Waals surface area contributed by atoms with Gasteiger partial charge in [0.25, 0.3) is 0 Å². The number of hydrogen-bond donors (Lipinski definition) is 2. The lowest BCUT2D eigenvalue weighted by molar-refractivity contribution is -0.121. The molecule has 3 nitrogen and oxygen atoms in total. The molecule has 1 aliphatic rings. The van der Waals surface area contributed by atoms with Crippen LogP contribution in [0.15, 0.2) is 35.2 Å². The maximum absolute atomic E-state index is 11.8. The first kappa shape index (κ1) is 15.4.